The number of carbonyl (C=O) groups excluding carboxylic acids is 1. The molecule has 2 aromatic carbocycles. The van der Waals surface area contributed by atoms with Gasteiger partial charge in [0, 0.05) is 0 Å². The van der Waals surface area contributed by atoms with Gasteiger partial charge in [0.2, 0.25) is 5.91 Å². The third-order valence-electron chi connectivity index (χ3n) is 4.30. The highest BCUT2D eigenvalue weighted by Crippen LogP contribution is 2.36. The van der Waals surface area contributed by atoms with E-state index in [0.29, 0.717) is 6.54 Å². The Bertz CT molecular complexity index is 682. The van der Waals surface area contributed by atoms with Crippen molar-refractivity contribution in [3.05, 3.63) is 59.7 Å². The molecule has 1 amide bonds. The van der Waals surface area contributed by atoms with E-state index in [-0.39, 0.29) is 5.91 Å². The Balaban J connectivity index is 2.07. The zero-order valence-corrected chi connectivity index (χ0v) is 13.7. The molecule has 0 saturated heterocycles. The quantitative estimate of drug-likeness (QED) is 0.846. The predicted molar refractivity (Wildman–Crippen MR) is 96.7 cm³/mol. The lowest BCUT2D eigenvalue weighted by atomic mass is 10.1. The summed E-state index contributed by atoms with van der Waals surface area (Å²) in [6.07, 6.45) is 4.16. The minimum Gasteiger partial charge on any atom is -0.295 e. The molecule has 118 valence electrons. The molecule has 0 radical (unpaired) electrons. The molecule has 0 N–H and O–H groups in total. The van der Waals surface area contributed by atoms with Crippen molar-refractivity contribution in [2.45, 2.75) is 13.8 Å². The van der Waals surface area contributed by atoms with Gasteiger partial charge in [-0.1, -0.05) is 62.4 Å². The second-order valence-corrected chi connectivity index (χ2v) is 5.64. The number of rotatable bonds is 4. The topological polar surface area (TPSA) is 23.6 Å². The first kappa shape index (κ1) is 15.5. The van der Waals surface area contributed by atoms with E-state index in [2.05, 4.69) is 43.0 Å². The van der Waals surface area contributed by atoms with Crippen molar-refractivity contribution in [2.75, 3.05) is 24.5 Å². The summed E-state index contributed by atoms with van der Waals surface area (Å²) < 4.78 is 0. The van der Waals surface area contributed by atoms with Gasteiger partial charge in [0.1, 0.15) is 0 Å². The van der Waals surface area contributed by atoms with Gasteiger partial charge in [0.05, 0.1) is 17.9 Å². The molecule has 1 aliphatic heterocycles. The van der Waals surface area contributed by atoms with E-state index in [1.54, 1.807) is 0 Å². The molecule has 3 nitrogen and oxygen atoms in total. The number of likely N-dealkylation sites (N-methyl/N-ethyl adjacent to an activating group) is 1. The van der Waals surface area contributed by atoms with Crippen molar-refractivity contribution in [2.24, 2.45) is 0 Å². The maximum atomic E-state index is 13.1. The molecule has 0 aliphatic carbocycles. The molecule has 3 heteroatoms. The summed E-state index contributed by atoms with van der Waals surface area (Å²) in [7, 11) is 0. The van der Waals surface area contributed by atoms with Crippen LogP contribution in [0.2, 0.25) is 0 Å². The average Bonchev–Trinajstić information content (AvgIpc) is 2.76. The maximum Gasteiger partial charge on any atom is 0.245 e. The predicted octanol–water partition coefficient (Wildman–Crippen LogP) is 4.18. The number of para-hydroxylation sites is 2. The highest BCUT2D eigenvalue weighted by Gasteiger charge is 2.24. The number of hydrogen-bond donors (Lipinski definition) is 0. The molecule has 1 aliphatic rings. The van der Waals surface area contributed by atoms with E-state index in [0.717, 1.165) is 35.6 Å². The smallest absolute Gasteiger partial charge is 0.245 e. The molecular weight excluding hydrogens is 284 g/mol. The van der Waals surface area contributed by atoms with Crippen molar-refractivity contribution >= 4 is 29.4 Å². The van der Waals surface area contributed by atoms with Crippen molar-refractivity contribution < 1.29 is 4.79 Å². The van der Waals surface area contributed by atoms with E-state index in [4.69, 9.17) is 0 Å². The zero-order valence-electron chi connectivity index (χ0n) is 13.7. The molecule has 23 heavy (non-hydrogen) atoms. The monoisotopic (exact) mass is 306 g/mol. The average molecular weight is 306 g/mol. The second kappa shape index (κ2) is 6.80. The van der Waals surface area contributed by atoms with Crippen LogP contribution < -0.4 is 4.90 Å². The fourth-order valence-electron chi connectivity index (χ4n) is 2.95. The Labute approximate surface area is 137 Å². The second-order valence-electron chi connectivity index (χ2n) is 5.64. The number of carbonyl (C=O) groups is 1. The zero-order chi connectivity index (χ0) is 16.2. The fourth-order valence-corrected chi connectivity index (χ4v) is 2.95. The molecule has 0 aromatic heterocycles. The SMILES string of the molecule is CCN(CC)CC(=O)N1c2ccccc2C=Cc2ccccc21. The first-order valence-corrected chi connectivity index (χ1v) is 8.16. The minimum atomic E-state index is 0.109. The van der Waals surface area contributed by atoms with Crippen molar-refractivity contribution in [3.8, 4) is 0 Å². The summed E-state index contributed by atoms with van der Waals surface area (Å²) in [5, 5.41) is 0. The van der Waals surface area contributed by atoms with Gasteiger partial charge in [-0.25, -0.2) is 0 Å². The van der Waals surface area contributed by atoms with Crippen molar-refractivity contribution in [1.29, 1.82) is 0 Å². The van der Waals surface area contributed by atoms with Crippen molar-refractivity contribution in [1.82, 2.24) is 4.90 Å². The first-order chi connectivity index (χ1) is 11.2. The normalized spacial score (nSPS) is 12.7. The lowest BCUT2D eigenvalue weighted by Gasteiger charge is -2.27. The van der Waals surface area contributed by atoms with Gasteiger partial charge < -0.3 is 0 Å². The Morgan fingerprint density at radius 2 is 1.35 bits per heavy atom. The molecule has 0 unspecified atom stereocenters. The Kier molecular flexibility index (Phi) is 4.58. The maximum absolute atomic E-state index is 13.1. The minimum absolute atomic E-state index is 0.109. The van der Waals surface area contributed by atoms with Crippen molar-refractivity contribution in [3.63, 3.8) is 0 Å². The molecule has 0 bridgehead atoms. The molecule has 0 spiro atoms. The van der Waals surface area contributed by atoms with Gasteiger partial charge in [0.15, 0.2) is 0 Å². The van der Waals surface area contributed by atoms with Gasteiger partial charge in [-0.15, -0.1) is 0 Å². The number of nitrogens with zero attached hydrogens (tertiary/aromatic N) is 2. The van der Waals surface area contributed by atoms with E-state index in [1.807, 2.05) is 41.3 Å². The number of benzene rings is 2. The standard InChI is InChI=1S/C20H22N2O/c1-3-21(4-2)15-20(23)22-18-11-7-5-9-16(18)13-14-17-10-6-8-12-19(17)22/h5-14H,3-4,15H2,1-2H3. The van der Waals surface area contributed by atoms with E-state index < -0.39 is 0 Å². The highest BCUT2D eigenvalue weighted by molar-refractivity contribution is 6.07. The molecule has 0 fully saturated rings. The Morgan fingerprint density at radius 1 is 0.870 bits per heavy atom. The molecule has 1 heterocycles. The summed E-state index contributed by atoms with van der Waals surface area (Å²) in [4.78, 5) is 17.1. The summed E-state index contributed by atoms with van der Waals surface area (Å²) in [6.45, 7) is 6.34. The summed E-state index contributed by atoms with van der Waals surface area (Å²) in [6, 6.07) is 16.1. The molecular formula is C20H22N2O. The largest absolute Gasteiger partial charge is 0.295 e. The van der Waals surface area contributed by atoms with Crippen LogP contribution in [0.15, 0.2) is 48.5 Å². The molecule has 2 aromatic rings. The Hall–Kier alpha value is -2.39. The van der Waals surface area contributed by atoms with E-state index >= 15 is 0 Å². The lowest BCUT2D eigenvalue weighted by molar-refractivity contribution is -0.119. The fraction of sp³-hybridized carbons (Fsp3) is 0.250. The first-order valence-electron chi connectivity index (χ1n) is 8.16. The summed E-state index contributed by atoms with van der Waals surface area (Å²) in [5.41, 5.74) is 4.03. The van der Waals surface area contributed by atoms with E-state index in [9.17, 15) is 4.79 Å². The number of anilines is 2. The summed E-state index contributed by atoms with van der Waals surface area (Å²) >= 11 is 0. The van der Waals surface area contributed by atoms with Crippen LogP contribution in [0.4, 0.5) is 11.4 Å². The van der Waals surface area contributed by atoms with E-state index in [1.165, 1.54) is 0 Å². The highest BCUT2D eigenvalue weighted by atomic mass is 16.2. The third-order valence-corrected chi connectivity index (χ3v) is 4.30. The Morgan fingerprint density at radius 3 is 1.83 bits per heavy atom. The van der Waals surface area contributed by atoms with Gasteiger partial charge in [-0.3, -0.25) is 14.6 Å². The van der Waals surface area contributed by atoms with Crippen LogP contribution in [0.5, 0.6) is 0 Å². The lowest BCUT2D eigenvalue weighted by Crippen LogP contribution is -2.38. The molecule has 0 atom stereocenters. The van der Waals surface area contributed by atoms with Crippen LogP contribution in [0.3, 0.4) is 0 Å². The number of fused-ring (bicyclic) bond motifs is 2. The van der Waals surface area contributed by atoms with Crippen LogP contribution in [0, 0.1) is 0 Å². The molecule has 0 saturated carbocycles. The number of hydrogen-bond acceptors (Lipinski definition) is 2. The summed E-state index contributed by atoms with van der Waals surface area (Å²) in [5.74, 6) is 0.109. The van der Waals surface area contributed by atoms with Crippen LogP contribution >= 0.6 is 0 Å². The van der Waals surface area contributed by atoms with Crippen LogP contribution in [0.25, 0.3) is 12.2 Å². The van der Waals surface area contributed by atoms with Gasteiger partial charge in [-0.05, 0) is 36.3 Å². The third kappa shape index (κ3) is 3.06. The van der Waals surface area contributed by atoms with Crippen LogP contribution in [0.1, 0.15) is 25.0 Å². The van der Waals surface area contributed by atoms with Crippen LogP contribution in [-0.2, 0) is 4.79 Å². The van der Waals surface area contributed by atoms with Gasteiger partial charge >= 0.3 is 0 Å². The van der Waals surface area contributed by atoms with Crippen LogP contribution in [-0.4, -0.2) is 30.4 Å². The van der Waals surface area contributed by atoms with Gasteiger partial charge in [0.25, 0.3) is 0 Å². The van der Waals surface area contributed by atoms with Gasteiger partial charge in [-0.2, -0.15) is 0 Å². The number of amides is 1. The molecule has 3 rings (SSSR count).